The van der Waals surface area contributed by atoms with Crippen molar-refractivity contribution >= 4 is 11.9 Å². The number of ether oxygens (including phenoxy) is 1. The van der Waals surface area contributed by atoms with Crippen LogP contribution in [0.25, 0.3) is 0 Å². The Morgan fingerprint density at radius 1 is 1.40 bits per heavy atom. The average Bonchev–Trinajstić information content (AvgIpc) is 2.16. The molecule has 1 aliphatic rings. The largest absolute Gasteiger partial charge is 0.481 e. The highest BCUT2D eigenvalue weighted by molar-refractivity contribution is 5.73. The van der Waals surface area contributed by atoms with Crippen molar-refractivity contribution in [2.24, 2.45) is 0 Å². The summed E-state index contributed by atoms with van der Waals surface area (Å²) in [4.78, 5) is 23.1. The molecule has 1 aliphatic heterocycles. The summed E-state index contributed by atoms with van der Waals surface area (Å²) in [5, 5.41) is 17.5. The van der Waals surface area contributed by atoms with E-state index >= 15 is 0 Å². The van der Waals surface area contributed by atoms with E-state index in [0.717, 1.165) is 0 Å². The maximum absolute atomic E-state index is 11.1. The zero-order valence-corrected chi connectivity index (χ0v) is 8.55. The molecule has 0 unspecified atom stereocenters. The summed E-state index contributed by atoms with van der Waals surface area (Å²) in [6.45, 7) is 1.80. The molecule has 1 rings (SSSR count). The number of carbonyl (C=O) groups is 2. The molecule has 2 N–H and O–H groups in total. The number of rotatable bonds is 3. The third-order valence-electron chi connectivity index (χ3n) is 2.28. The van der Waals surface area contributed by atoms with E-state index in [0.29, 0.717) is 6.54 Å². The SMILES string of the molecule is CC(=O)N1C[C@@H](CO)O[C@H](CC(=O)O)C1. The fraction of sp³-hybridized carbons (Fsp3) is 0.778. The van der Waals surface area contributed by atoms with Gasteiger partial charge >= 0.3 is 5.97 Å². The lowest BCUT2D eigenvalue weighted by molar-refractivity contribution is -0.156. The number of carboxylic acids is 1. The third-order valence-corrected chi connectivity index (χ3v) is 2.28. The summed E-state index contributed by atoms with van der Waals surface area (Å²) in [5.74, 6) is -1.10. The molecule has 86 valence electrons. The smallest absolute Gasteiger partial charge is 0.306 e. The predicted octanol–water partition coefficient (Wildman–Crippen LogP) is -0.931. The number of carboxylic acid groups (broad SMARTS) is 1. The molecule has 0 aromatic heterocycles. The fourth-order valence-electron chi connectivity index (χ4n) is 1.59. The van der Waals surface area contributed by atoms with E-state index in [1.165, 1.54) is 11.8 Å². The number of morpholine rings is 1. The van der Waals surface area contributed by atoms with Gasteiger partial charge in [0.2, 0.25) is 5.91 Å². The van der Waals surface area contributed by atoms with Gasteiger partial charge in [-0.1, -0.05) is 0 Å². The number of aliphatic carboxylic acids is 1. The lowest BCUT2D eigenvalue weighted by Crippen LogP contribution is -2.51. The third kappa shape index (κ3) is 3.49. The molecule has 1 amide bonds. The van der Waals surface area contributed by atoms with E-state index in [1.807, 2.05) is 0 Å². The van der Waals surface area contributed by atoms with Gasteiger partial charge in [0.1, 0.15) is 0 Å². The Balaban J connectivity index is 2.58. The van der Waals surface area contributed by atoms with Crippen molar-refractivity contribution in [3.8, 4) is 0 Å². The van der Waals surface area contributed by atoms with E-state index < -0.39 is 18.2 Å². The Hall–Kier alpha value is -1.14. The second-order valence-electron chi connectivity index (χ2n) is 3.58. The number of aliphatic hydroxyl groups is 1. The van der Waals surface area contributed by atoms with Crippen LogP contribution in [-0.4, -0.2) is 58.9 Å². The molecule has 15 heavy (non-hydrogen) atoms. The van der Waals surface area contributed by atoms with E-state index in [1.54, 1.807) is 0 Å². The minimum absolute atomic E-state index is 0.132. The van der Waals surface area contributed by atoms with Crippen molar-refractivity contribution in [1.82, 2.24) is 4.90 Å². The molecule has 1 saturated heterocycles. The highest BCUT2D eigenvalue weighted by Gasteiger charge is 2.29. The van der Waals surface area contributed by atoms with Crippen molar-refractivity contribution < 1.29 is 24.5 Å². The Morgan fingerprint density at radius 2 is 2.00 bits per heavy atom. The maximum atomic E-state index is 11.1. The number of carbonyl (C=O) groups excluding carboxylic acids is 1. The highest BCUT2D eigenvalue weighted by Crippen LogP contribution is 2.13. The Labute approximate surface area is 87.4 Å². The summed E-state index contributed by atoms with van der Waals surface area (Å²) in [7, 11) is 0. The molecule has 0 radical (unpaired) electrons. The summed E-state index contributed by atoms with van der Waals surface area (Å²) in [6, 6.07) is 0. The van der Waals surface area contributed by atoms with Gasteiger partial charge in [0.25, 0.3) is 0 Å². The summed E-state index contributed by atoms with van der Waals surface area (Å²) < 4.78 is 5.30. The Kier molecular flexibility index (Phi) is 4.05. The molecule has 0 aliphatic carbocycles. The lowest BCUT2D eigenvalue weighted by atomic mass is 10.1. The van der Waals surface area contributed by atoms with Crippen molar-refractivity contribution in [1.29, 1.82) is 0 Å². The number of aliphatic hydroxyl groups excluding tert-OH is 1. The number of nitrogens with zero attached hydrogens (tertiary/aromatic N) is 1. The highest BCUT2D eigenvalue weighted by atomic mass is 16.5. The van der Waals surface area contributed by atoms with Crippen LogP contribution in [0.5, 0.6) is 0 Å². The van der Waals surface area contributed by atoms with Crippen molar-refractivity contribution in [2.75, 3.05) is 19.7 Å². The summed E-state index contributed by atoms with van der Waals surface area (Å²) in [5.41, 5.74) is 0. The van der Waals surface area contributed by atoms with Gasteiger partial charge in [-0.25, -0.2) is 0 Å². The fourth-order valence-corrected chi connectivity index (χ4v) is 1.59. The summed E-state index contributed by atoms with van der Waals surface area (Å²) >= 11 is 0. The van der Waals surface area contributed by atoms with Gasteiger partial charge in [-0.3, -0.25) is 9.59 Å². The zero-order valence-electron chi connectivity index (χ0n) is 8.55. The van der Waals surface area contributed by atoms with Gasteiger partial charge in [-0.2, -0.15) is 0 Å². The van der Waals surface area contributed by atoms with Gasteiger partial charge in [-0.05, 0) is 0 Å². The molecule has 0 bridgehead atoms. The lowest BCUT2D eigenvalue weighted by Gasteiger charge is -2.36. The first-order valence-corrected chi connectivity index (χ1v) is 4.76. The first-order valence-electron chi connectivity index (χ1n) is 4.76. The molecule has 0 saturated carbocycles. The van der Waals surface area contributed by atoms with Gasteiger partial charge in [0, 0.05) is 20.0 Å². The molecule has 6 nitrogen and oxygen atoms in total. The number of hydrogen-bond acceptors (Lipinski definition) is 4. The second-order valence-corrected chi connectivity index (χ2v) is 3.58. The Bertz CT molecular complexity index is 255. The van der Waals surface area contributed by atoms with Crippen molar-refractivity contribution in [2.45, 2.75) is 25.6 Å². The first-order chi connectivity index (χ1) is 7.02. The first kappa shape index (κ1) is 11.9. The van der Waals surface area contributed by atoms with E-state index in [2.05, 4.69) is 0 Å². The van der Waals surface area contributed by atoms with Gasteiger partial charge in [-0.15, -0.1) is 0 Å². The standard InChI is InChI=1S/C9H15NO5/c1-6(12)10-3-7(2-9(13)14)15-8(4-10)5-11/h7-8,11H,2-5H2,1H3,(H,13,14)/t7-,8+/m1/s1. The molecule has 2 atom stereocenters. The van der Waals surface area contributed by atoms with Gasteiger partial charge in [0.15, 0.2) is 0 Å². The quantitative estimate of drug-likeness (QED) is 0.637. The molecule has 0 aromatic rings. The topological polar surface area (TPSA) is 87.1 Å². The normalized spacial score (nSPS) is 26.4. The molecule has 1 fully saturated rings. The monoisotopic (exact) mass is 217 g/mol. The van der Waals surface area contributed by atoms with Crippen LogP contribution in [0.3, 0.4) is 0 Å². The molecule has 1 heterocycles. The molecular weight excluding hydrogens is 202 g/mol. The van der Waals surface area contributed by atoms with Crippen LogP contribution in [-0.2, 0) is 14.3 Å². The molecule has 0 spiro atoms. The average molecular weight is 217 g/mol. The van der Waals surface area contributed by atoms with Crippen LogP contribution in [0.4, 0.5) is 0 Å². The van der Waals surface area contributed by atoms with Crippen LogP contribution >= 0.6 is 0 Å². The van der Waals surface area contributed by atoms with Crippen LogP contribution < -0.4 is 0 Å². The van der Waals surface area contributed by atoms with Crippen LogP contribution in [0.15, 0.2) is 0 Å². The van der Waals surface area contributed by atoms with Crippen molar-refractivity contribution in [3.05, 3.63) is 0 Å². The second kappa shape index (κ2) is 5.09. The van der Waals surface area contributed by atoms with Gasteiger partial charge < -0.3 is 19.8 Å². The van der Waals surface area contributed by atoms with Crippen LogP contribution in [0.2, 0.25) is 0 Å². The predicted molar refractivity (Wildman–Crippen MR) is 50.3 cm³/mol. The Morgan fingerprint density at radius 3 is 2.47 bits per heavy atom. The molecule has 0 aromatic carbocycles. The van der Waals surface area contributed by atoms with Crippen molar-refractivity contribution in [3.63, 3.8) is 0 Å². The molecular formula is C9H15NO5. The van der Waals surface area contributed by atoms with Gasteiger partial charge in [0.05, 0.1) is 25.2 Å². The van der Waals surface area contributed by atoms with Crippen LogP contribution in [0.1, 0.15) is 13.3 Å². The van der Waals surface area contributed by atoms with Crippen LogP contribution in [0, 0.1) is 0 Å². The molecule has 6 heteroatoms. The van der Waals surface area contributed by atoms with E-state index in [-0.39, 0.29) is 25.5 Å². The minimum atomic E-state index is -0.970. The number of amides is 1. The summed E-state index contributed by atoms with van der Waals surface area (Å²) in [6.07, 6.45) is -1.16. The maximum Gasteiger partial charge on any atom is 0.306 e. The zero-order chi connectivity index (χ0) is 11.4. The van der Waals surface area contributed by atoms with E-state index in [4.69, 9.17) is 14.9 Å². The van der Waals surface area contributed by atoms with E-state index in [9.17, 15) is 9.59 Å². The number of hydrogen-bond donors (Lipinski definition) is 2. The minimum Gasteiger partial charge on any atom is -0.481 e.